The monoisotopic (exact) mass is 251 g/mol. The zero-order valence-electron chi connectivity index (χ0n) is 11.0. The Kier molecular flexibility index (Phi) is 6.00. The lowest BCUT2D eigenvalue weighted by molar-refractivity contribution is -0.120. The molecule has 1 amide bonds. The molecule has 0 radical (unpaired) electrons. The minimum Gasteiger partial charge on any atom is -0.492 e. The third kappa shape index (κ3) is 5.54. The van der Waals surface area contributed by atoms with Crippen LogP contribution in [0.25, 0.3) is 0 Å². The average Bonchev–Trinajstić information content (AvgIpc) is 2.38. The van der Waals surface area contributed by atoms with Crippen LogP contribution in [0.1, 0.15) is 6.42 Å². The van der Waals surface area contributed by atoms with Crippen molar-refractivity contribution >= 4 is 11.6 Å². The average molecular weight is 251 g/mol. The Morgan fingerprint density at radius 3 is 2.61 bits per heavy atom. The predicted molar refractivity (Wildman–Crippen MR) is 72.5 cm³/mol. The van der Waals surface area contributed by atoms with Gasteiger partial charge in [0.15, 0.2) is 0 Å². The zero-order chi connectivity index (χ0) is 13.4. The highest BCUT2D eigenvalue weighted by molar-refractivity contribution is 5.75. The van der Waals surface area contributed by atoms with Gasteiger partial charge in [0, 0.05) is 32.2 Å². The van der Waals surface area contributed by atoms with Gasteiger partial charge in [-0.1, -0.05) is 0 Å². The second-order valence-electron chi connectivity index (χ2n) is 4.14. The Morgan fingerprint density at radius 1 is 1.33 bits per heavy atom. The van der Waals surface area contributed by atoms with Crippen molar-refractivity contribution in [2.75, 3.05) is 39.5 Å². The summed E-state index contributed by atoms with van der Waals surface area (Å²) in [5.74, 6) is 0.866. The molecule has 0 bridgehead atoms. The second-order valence-corrected chi connectivity index (χ2v) is 4.14. The normalized spacial score (nSPS) is 10.4. The molecule has 0 fully saturated rings. The lowest BCUT2D eigenvalue weighted by atomic mass is 10.3. The Bertz CT molecular complexity index is 365. The first-order chi connectivity index (χ1) is 8.61. The summed E-state index contributed by atoms with van der Waals surface area (Å²) in [7, 11) is 3.61. The summed E-state index contributed by atoms with van der Waals surface area (Å²) >= 11 is 0. The molecule has 1 aromatic rings. The molecule has 0 aromatic heterocycles. The zero-order valence-corrected chi connectivity index (χ0v) is 11.0. The number of anilines is 1. The first-order valence-electron chi connectivity index (χ1n) is 5.99. The van der Waals surface area contributed by atoms with Gasteiger partial charge in [-0.25, -0.2) is 0 Å². The molecule has 0 saturated heterocycles. The maximum Gasteiger partial charge on any atom is 0.221 e. The van der Waals surface area contributed by atoms with Crippen LogP contribution in [0.15, 0.2) is 24.3 Å². The van der Waals surface area contributed by atoms with E-state index in [1.165, 1.54) is 0 Å². The Hall–Kier alpha value is -1.75. The van der Waals surface area contributed by atoms with E-state index in [4.69, 9.17) is 10.5 Å². The summed E-state index contributed by atoms with van der Waals surface area (Å²) in [4.78, 5) is 13.1. The van der Waals surface area contributed by atoms with Crippen molar-refractivity contribution in [1.29, 1.82) is 0 Å². The maximum absolute atomic E-state index is 11.1. The highest BCUT2D eigenvalue weighted by Crippen LogP contribution is 2.12. The molecule has 0 atom stereocenters. The van der Waals surface area contributed by atoms with Crippen molar-refractivity contribution < 1.29 is 9.53 Å². The van der Waals surface area contributed by atoms with Gasteiger partial charge in [0.1, 0.15) is 12.4 Å². The van der Waals surface area contributed by atoms with E-state index >= 15 is 0 Å². The number of hydrogen-bond acceptors (Lipinski definition) is 4. The Morgan fingerprint density at radius 2 is 2.00 bits per heavy atom. The number of benzene rings is 1. The molecule has 1 aromatic carbocycles. The number of nitrogens with one attached hydrogen (secondary N) is 1. The maximum atomic E-state index is 11.1. The highest BCUT2D eigenvalue weighted by atomic mass is 16.5. The fourth-order valence-corrected chi connectivity index (χ4v) is 1.41. The van der Waals surface area contributed by atoms with Gasteiger partial charge < -0.3 is 20.7 Å². The van der Waals surface area contributed by atoms with Crippen molar-refractivity contribution in [3.63, 3.8) is 0 Å². The molecule has 5 nitrogen and oxygen atoms in total. The largest absolute Gasteiger partial charge is 0.492 e. The van der Waals surface area contributed by atoms with E-state index < -0.39 is 0 Å². The fraction of sp³-hybridized carbons (Fsp3) is 0.462. The molecule has 0 aliphatic carbocycles. The molecule has 5 heteroatoms. The van der Waals surface area contributed by atoms with Crippen molar-refractivity contribution in [2.24, 2.45) is 0 Å². The molecular formula is C13H21N3O2. The van der Waals surface area contributed by atoms with Crippen LogP contribution in [0, 0.1) is 0 Å². The van der Waals surface area contributed by atoms with Gasteiger partial charge in [0.05, 0.1) is 0 Å². The van der Waals surface area contributed by atoms with E-state index in [0.29, 0.717) is 13.0 Å². The van der Waals surface area contributed by atoms with Crippen LogP contribution in [0.3, 0.4) is 0 Å². The van der Waals surface area contributed by atoms with Gasteiger partial charge in [-0.2, -0.15) is 0 Å². The molecule has 0 aliphatic rings. The molecule has 18 heavy (non-hydrogen) atoms. The van der Waals surface area contributed by atoms with Crippen LogP contribution in [-0.2, 0) is 4.79 Å². The molecule has 3 N–H and O–H groups in total. The van der Waals surface area contributed by atoms with Crippen LogP contribution in [0.4, 0.5) is 5.69 Å². The number of nitrogen functional groups attached to an aromatic ring is 1. The number of carbonyl (C=O) groups excluding carboxylic acids is 1. The quantitative estimate of drug-likeness (QED) is 0.701. The van der Waals surface area contributed by atoms with Gasteiger partial charge in [0.2, 0.25) is 5.91 Å². The Balaban J connectivity index is 2.17. The number of rotatable bonds is 7. The van der Waals surface area contributed by atoms with Crippen molar-refractivity contribution in [3.05, 3.63) is 24.3 Å². The standard InChI is InChI=1S/C13H21N3O2/c1-15-13(17)7-8-16(2)9-10-18-12-5-3-11(14)4-6-12/h3-6H,7-10,14H2,1-2H3,(H,15,17). The SMILES string of the molecule is CNC(=O)CCN(C)CCOc1ccc(N)cc1. The van der Waals surface area contributed by atoms with Crippen LogP contribution >= 0.6 is 0 Å². The number of nitrogens with zero attached hydrogens (tertiary/aromatic N) is 1. The number of nitrogens with two attached hydrogens (primary N) is 1. The molecule has 1 rings (SSSR count). The summed E-state index contributed by atoms with van der Waals surface area (Å²) in [6.07, 6.45) is 0.509. The first-order valence-corrected chi connectivity index (χ1v) is 5.99. The van der Waals surface area contributed by atoms with E-state index in [0.717, 1.165) is 24.5 Å². The second kappa shape index (κ2) is 7.55. The molecule has 0 aliphatic heterocycles. The van der Waals surface area contributed by atoms with Crippen molar-refractivity contribution in [1.82, 2.24) is 10.2 Å². The highest BCUT2D eigenvalue weighted by Gasteiger charge is 2.02. The molecule has 0 unspecified atom stereocenters. The van der Waals surface area contributed by atoms with Gasteiger partial charge >= 0.3 is 0 Å². The van der Waals surface area contributed by atoms with Crippen LogP contribution in [0.2, 0.25) is 0 Å². The Labute approximate surface area is 108 Å². The van der Waals surface area contributed by atoms with Gasteiger partial charge in [-0.3, -0.25) is 4.79 Å². The van der Waals surface area contributed by atoms with E-state index in [1.807, 2.05) is 31.3 Å². The van der Waals surface area contributed by atoms with Crippen LogP contribution < -0.4 is 15.8 Å². The third-order valence-electron chi connectivity index (χ3n) is 2.62. The minimum atomic E-state index is 0.0568. The molecule has 0 spiro atoms. The van der Waals surface area contributed by atoms with Crippen LogP contribution in [0.5, 0.6) is 5.75 Å². The van der Waals surface area contributed by atoms with Crippen molar-refractivity contribution in [3.8, 4) is 5.75 Å². The molecular weight excluding hydrogens is 230 g/mol. The van der Waals surface area contributed by atoms with E-state index in [2.05, 4.69) is 10.2 Å². The number of ether oxygens (including phenoxy) is 1. The number of hydrogen-bond donors (Lipinski definition) is 2. The summed E-state index contributed by atoms with van der Waals surface area (Å²) in [5.41, 5.74) is 6.31. The number of carbonyl (C=O) groups is 1. The van der Waals surface area contributed by atoms with E-state index in [9.17, 15) is 4.79 Å². The lowest BCUT2D eigenvalue weighted by Crippen LogP contribution is -2.29. The van der Waals surface area contributed by atoms with Crippen molar-refractivity contribution in [2.45, 2.75) is 6.42 Å². The summed E-state index contributed by atoms with van der Waals surface area (Å²) in [6.45, 7) is 2.10. The van der Waals surface area contributed by atoms with E-state index in [-0.39, 0.29) is 5.91 Å². The van der Waals surface area contributed by atoms with Crippen LogP contribution in [-0.4, -0.2) is 44.6 Å². The molecule has 100 valence electrons. The third-order valence-corrected chi connectivity index (χ3v) is 2.62. The van der Waals surface area contributed by atoms with Gasteiger partial charge in [-0.15, -0.1) is 0 Å². The van der Waals surface area contributed by atoms with Gasteiger partial charge in [-0.05, 0) is 31.3 Å². The summed E-state index contributed by atoms with van der Waals surface area (Å²) < 4.78 is 5.57. The lowest BCUT2D eigenvalue weighted by Gasteiger charge is -2.16. The first kappa shape index (κ1) is 14.3. The minimum absolute atomic E-state index is 0.0568. The van der Waals surface area contributed by atoms with E-state index in [1.54, 1.807) is 7.05 Å². The van der Waals surface area contributed by atoms with Gasteiger partial charge in [0.25, 0.3) is 0 Å². The molecule has 0 heterocycles. The topological polar surface area (TPSA) is 67.6 Å². The number of likely N-dealkylation sites (N-methyl/N-ethyl adjacent to an activating group) is 1. The number of amides is 1. The predicted octanol–water partition coefficient (Wildman–Crippen LogP) is 0.716. The smallest absolute Gasteiger partial charge is 0.221 e. The fourth-order valence-electron chi connectivity index (χ4n) is 1.41. The summed E-state index contributed by atoms with van der Waals surface area (Å²) in [6, 6.07) is 7.31. The molecule has 0 saturated carbocycles. The summed E-state index contributed by atoms with van der Waals surface area (Å²) in [5, 5.41) is 2.60.